The van der Waals surface area contributed by atoms with Crippen LogP contribution in [0.4, 0.5) is 0 Å². The monoisotopic (exact) mass is 294 g/mol. The van der Waals surface area contributed by atoms with Gasteiger partial charge in [-0.15, -0.1) is 12.4 Å². The Morgan fingerprint density at radius 2 is 2.11 bits per heavy atom. The van der Waals surface area contributed by atoms with Crippen LogP contribution in [0.3, 0.4) is 0 Å². The van der Waals surface area contributed by atoms with Crippen molar-refractivity contribution in [3.05, 3.63) is 17.6 Å². The summed E-state index contributed by atoms with van der Waals surface area (Å²) >= 11 is 0. The number of hydrogen-bond donors (Lipinski definition) is 2. The number of rotatable bonds is 5. The summed E-state index contributed by atoms with van der Waals surface area (Å²) in [4.78, 5) is 0.217. The summed E-state index contributed by atoms with van der Waals surface area (Å²) in [7, 11) is -3.51. The third kappa shape index (κ3) is 3.26. The second kappa shape index (κ2) is 5.61. The smallest absolute Gasteiger partial charge is 0.244 e. The van der Waals surface area contributed by atoms with Gasteiger partial charge in [-0.1, -0.05) is 0 Å². The maximum absolute atomic E-state index is 12.1. The second-order valence-corrected chi connectivity index (χ2v) is 6.26. The predicted octanol–water partition coefficient (Wildman–Crippen LogP) is 1.33. The standard InChI is InChI=1S/C11H18N2O3S.ClH/c1-7-5-11(8(2)16-7)17(14,15)13-10(6-12)9-3-4-9;/h5,9-10,13H,3-4,6,12H2,1-2H3;1H. The number of nitrogens with one attached hydrogen (secondary N) is 1. The lowest BCUT2D eigenvalue weighted by molar-refractivity contribution is 0.491. The van der Waals surface area contributed by atoms with Gasteiger partial charge in [0, 0.05) is 12.6 Å². The third-order valence-corrected chi connectivity index (χ3v) is 4.63. The van der Waals surface area contributed by atoms with Gasteiger partial charge in [0.25, 0.3) is 0 Å². The van der Waals surface area contributed by atoms with Crippen LogP contribution in [0, 0.1) is 19.8 Å². The van der Waals surface area contributed by atoms with E-state index in [4.69, 9.17) is 10.2 Å². The molecule has 1 aromatic heterocycles. The molecule has 0 aliphatic heterocycles. The van der Waals surface area contributed by atoms with Gasteiger partial charge in [-0.2, -0.15) is 0 Å². The Labute approximate surface area is 114 Å². The van der Waals surface area contributed by atoms with Gasteiger partial charge in [-0.25, -0.2) is 13.1 Å². The first-order valence-electron chi connectivity index (χ1n) is 5.73. The minimum Gasteiger partial charge on any atom is -0.465 e. The van der Waals surface area contributed by atoms with Crippen molar-refractivity contribution < 1.29 is 12.8 Å². The zero-order chi connectivity index (χ0) is 12.6. The van der Waals surface area contributed by atoms with Gasteiger partial charge in [0.2, 0.25) is 10.0 Å². The summed E-state index contributed by atoms with van der Waals surface area (Å²) in [5.41, 5.74) is 5.59. The molecule has 1 atom stereocenters. The van der Waals surface area contributed by atoms with Crippen molar-refractivity contribution in [2.45, 2.75) is 37.6 Å². The van der Waals surface area contributed by atoms with Crippen LogP contribution in [-0.2, 0) is 10.0 Å². The van der Waals surface area contributed by atoms with Crippen molar-refractivity contribution in [2.75, 3.05) is 6.54 Å². The van der Waals surface area contributed by atoms with Crippen molar-refractivity contribution in [3.63, 3.8) is 0 Å². The van der Waals surface area contributed by atoms with Gasteiger partial charge in [0.1, 0.15) is 16.4 Å². The van der Waals surface area contributed by atoms with Gasteiger partial charge in [-0.3, -0.25) is 0 Å². The Morgan fingerprint density at radius 3 is 2.50 bits per heavy atom. The Morgan fingerprint density at radius 1 is 1.50 bits per heavy atom. The predicted molar refractivity (Wildman–Crippen MR) is 71.3 cm³/mol. The fraction of sp³-hybridized carbons (Fsp3) is 0.636. The molecule has 1 heterocycles. The average molecular weight is 295 g/mol. The van der Waals surface area contributed by atoms with Crippen molar-refractivity contribution in [1.29, 1.82) is 0 Å². The second-order valence-electron chi connectivity index (χ2n) is 4.58. The van der Waals surface area contributed by atoms with Gasteiger partial charge >= 0.3 is 0 Å². The Balaban J connectivity index is 0.00000162. The maximum Gasteiger partial charge on any atom is 0.244 e. The zero-order valence-corrected chi connectivity index (χ0v) is 12.1. The molecule has 1 saturated carbocycles. The number of hydrogen-bond acceptors (Lipinski definition) is 4. The molecule has 18 heavy (non-hydrogen) atoms. The maximum atomic E-state index is 12.1. The highest BCUT2D eigenvalue weighted by Crippen LogP contribution is 2.33. The van der Waals surface area contributed by atoms with Crippen molar-refractivity contribution in [3.8, 4) is 0 Å². The fourth-order valence-corrected chi connectivity index (χ4v) is 3.53. The molecule has 1 aliphatic carbocycles. The molecule has 0 saturated heterocycles. The van der Waals surface area contributed by atoms with Crippen molar-refractivity contribution in [2.24, 2.45) is 11.7 Å². The van der Waals surface area contributed by atoms with Crippen molar-refractivity contribution >= 4 is 22.4 Å². The van der Waals surface area contributed by atoms with E-state index in [0.717, 1.165) is 12.8 Å². The van der Waals surface area contributed by atoms with Crippen LogP contribution >= 0.6 is 12.4 Å². The van der Waals surface area contributed by atoms with Crippen LogP contribution in [0.2, 0.25) is 0 Å². The van der Waals surface area contributed by atoms with E-state index >= 15 is 0 Å². The first kappa shape index (κ1) is 15.5. The first-order chi connectivity index (χ1) is 7.94. The number of aryl methyl sites for hydroxylation is 2. The molecule has 3 N–H and O–H groups in total. The summed E-state index contributed by atoms with van der Waals surface area (Å²) in [6, 6.07) is 1.38. The number of halogens is 1. The van der Waals surface area contributed by atoms with E-state index in [2.05, 4.69) is 4.72 Å². The van der Waals surface area contributed by atoms with Crippen LogP contribution in [0.15, 0.2) is 15.4 Å². The third-order valence-electron chi connectivity index (χ3n) is 3.04. The zero-order valence-electron chi connectivity index (χ0n) is 10.5. The lowest BCUT2D eigenvalue weighted by atomic mass is 10.2. The molecule has 0 radical (unpaired) electrons. The van der Waals surface area contributed by atoms with E-state index in [0.29, 0.717) is 24.0 Å². The van der Waals surface area contributed by atoms with Crippen LogP contribution in [0.5, 0.6) is 0 Å². The number of sulfonamides is 1. The van der Waals surface area contributed by atoms with Gasteiger partial charge in [-0.05, 0) is 38.7 Å². The molecule has 1 fully saturated rings. The molecule has 1 aliphatic rings. The Bertz CT molecular complexity index is 508. The van der Waals surface area contributed by atoms with E-state index in [1.807, 2.05) is 0 Å². The molecule has 2 rings (SSSR count). The lowest BCUT2D eigenvalue weighted by Crippen LogP contribution is -2.41. The topological polar surface area (TPSA) is 85.3 Å². The molecule has 0 spiro atoms. The van der Waals surface area contributed by atoms with E-state index < -0.39 is 10.0 Å². The molecule has 1 aromatic rings. The highest BCUT2D eigenvalue weighted by atomic mass is 35.5. The quantitative estimate of drug-likeness (QED) is 0.858. The lowest BCUT2D eigenvalue weighted by Gasteiger charge is -2.15. The Hall–Kier alpha value is -0.560. The summed E-state index contributed by atoms with van der Waals surface area (Å²) in [5, 5.41) is 0. The van der Waals surface area contributed by atoms with E-state index in [9.17, 15) is 8.42 Å². The number of nitrogens with two attached hydrogens (primary N) is 1. The van der Waals surface area contributed by atoms with Gasteiger partial charge in [0.05, 0.1) is 0 Å². The van der Waals surface area contributed by atoms with E-state index in [1.165, 1.54) is 6.07 Å². The molecule has 0 bridgehead atoms. The average Bonchev–Trinajstić information content (AvgIpc) is 3.01. The molecule has 5 nitrogen and oxygen atoms in total. The van der Waals surface area contributed by atoms with Crippen molar-refractivity contribution in [1.82, 2.24) is 4.72 Å². The van der Waals surface area contributed by atoms with Gasteiger partial charge in [0.15, 0.2) is 0 Å². The van der Waals surface area contributed by atoms with Crippen LogP contribution < -0.4 is 10.5 Å². The van der Waals surface area contributed by atoms with Crippen LogP contribution in [0.1, 0.15) is 24.4 Å². The first-order valence-corrected chi connectivity index (χ1v) is 7.22. The SMILES string of the molecule is Cc1cc(S(=O)(=O)NC(CN)C2CC2)c(C)o1.Cl. The minimum atomic E-state index is -3.51. The highest BCUT2D eigenvalue weighted by molar-refractivity contribution is 7.89. The summed E-state index contributed by atoms with van der Waals surface area (Å²) in [6.45, 7) is 3.71. The minimum absolute atomic E-state index is 0. The molecular weight excluding hydrogens is 276 g/mol. The molecule has 1 unspecified atom stereocenters. The fourth-order valence-electron chi connectivity index (χ4n) is 1.97. The van der Waals surface area contributed by atoms with Gasteiger partial charge < -0.3 is 10.2 Å². The summed E-state index contributed by atoms with van der Waals surface area (Å²) in [5.74, 6) is 1.41. The summed E-state index contributed by atoms with van der Waals surface area (Å²) in [6.07, 6.45) is 2.10. The number of furan rings is 1. The molecule has 0 amide bonds. The van der Waals surface area contributed by atoms with E-state index in [-0.39, 0.29) is 23.3 Å². The molecule has 0 aromatic carbocycles. The van der Waals surface area contributed by atoms with E-state index in [1.54, 1.807) is 13.8 Å². The largest absolute Gasteiger partial charge is 0.465 e. The molecule has 104 valence electrons. The Kier molecular flexibility index (Phi) is 4.83. The molecule has 7 heteroatoms. The summed E-state index contributed by atoms with van der Waals surface area (Å²) < 4.78 is 32.2. The molecular formula is C11H19ClN2O3S. The van der Waals surface area contributed by atoms with Crippen LogP contribution in [-0.4, -0.2) is 21.0 Å². The highest BCUT2D eigenvalue weighted by Gasteiger charge is 2.34. The normalized spacial score (nSPS) is 17.3. The van der Waals surface area contributed by atoms with Crippen LogP contribution in [0.25, 0.3) is 0 Å².